The fourth-order valence-electron chi connectivity index (χ4n) is 1.44. The standard InChI is InChI=1S/C12H15NO/c1-3-11-7-5-6-8-12(11)13(4-2)9-10-14/h1,5-8,14H,4,9-10H2,2H3. The summed E-state index contributed by atoms with van der Waals surface area (Å²) in [6, 6.07) is 7.77. The van der Waals surface area contributed by atoms with E-state index >= 15 is 0 Å². The van der Waals surface area contributed by atoms with Crippen LogP contribution in [0.3, 0.4) is 0 Å². The molecule has 0 aliphatic carbocycles. The smallest absolute Gasteiger partial charge is 0.0606 e. The first-order valence-corrected chi connectivity index (χ1v) is 4.75. The maximum absolute atomic E-state index is 8.90. The Bertz CT molecular complexity index is 327. The lowest BCUT2D eigenvalue weighted by molar-refractivity contribution is 0.302. The second kappa shape index (κ2) is 5.31. The molecule has 0 heterocycles. The van der Waals surface area contributed by atoms with Gasteiger partial charge in [0.1, 0.15) is 0 Å². The Balaban J connectivity index is 2.97. The second-order valence-corrected chi connectivity index (χ2v) is 2.96. The van der Waals surface area contributed by atoms with E-state index in [1.165, 1.54) is 0 Å². The largest absolute Gasteiger partial charge is 0.395 e. The van der Waals surface area contributed by atoms with Crippen LogP contribution in [0.15, 0.2) is 24.3 Å². The molecule has 0 fully saturated rings. The van der Waals surface area contributed by atoms with E-state index in [1.54, 1.807) is 0 Å². The number of benzene rings is 1. The van der Waals surface area contributed by atoms with E-state index in [-0.39, 0.29) is 6.61 Å². The summed E-state index contributed by atoms with van der Waals surface area (Å²) >= 11 is 0. The summed E-state index contributed by atoms with van der Waals surface area (Å²) in [6.07, 6.45) is 5.40. The Morgan fingerprint density at radius 3 is 2.71 bits per heavy atom. The maximum Gasteiger partial charge on any atom is 0.0606 e. The number of hydrogen-bond donors (Lipinski definition) is 1. The number of rotatable bonds is 4. The van der Waals surface area contributed by atoms with Gasteiger partial charge in [0.15, 0.2) is 0 Å². The average molecular weight is 189 g/mol. The van der Waals surface area contributed by atoms with Crippen molar-refractivity contribution in [3.8, 4) is 12.3 Å². The van der Waals surface area contributed by atoms with Crippen LogP contribution in [0, 0.1) is 12.3 Å². The van der Waals surface area contributed by atoms with E-state index in [2.05, 4.69) is 10.8 Å². The third-order valence-corrected chi connectivity index (χ3v) is 2.15. The van der Waals surface area contributed by atoms with Crippen LogP contribution in [-0.4, -0.2) is 24.8 Å². The lowest BCUT2D eigenvalue weighted by Gasteiger charge is -2.23. The molecule has 0 bridgehead atoms. The van der Waals surface area contributed by atoms with Crippen molar-refractivity contribution in [3.63, 3.8) is 0 Å². The number of para-hydroxylation sites is 1. The van der Waals surface area contributed by atoms with Gasteiger partial charge in [0.25, 0.3) is 0 Å². The minimum atomic E-state index is 0.146. The van der Waals surface area contributed by atoms with E-state index in [0.717, 1.165) is 17.8 Å². The molecule has 1 rings (SSSR count). The van der Waals surface area contributed by atoms with Crippen LogP contribution in [0.4, 0.5) is 5.69 Å². The van der Waals surface area contributed by atoms with E-state index in [0.29, 0.717) is 6.54 Å². The minimum absolute atomic E-state index is 0.146. The number of nitrogens with zero attached hydrogens (tertiary/aromatic N) is 1. The highest BCUT2D eigenvalue weighted by Gasteiger charge is 2.06. The molecule has 0 aliphatic rings. The molecule has 2 heteroatoms. The molecule has 0 radical (unpaired) electrons. The Hall–Kier alpha value is -1.46. The lowest BCUT2D eigenvalue weighted by atomic mass is 10.1. The summed E-state index contributed by atoms with van der Waals surface area (Å²) in [7, 11) is 0. The van der Waals surface area contributed by atoms with Gasteiger partial charge in [-0.2, -0.15) is 0 Å². The van der Waals surface area contributed by atoms with Crippen LogP contribution in [-0.2, 0) is 0 Å². The van der Waals surface area contributed by atoms with Gasteiger partial charge in [0.2, 0.25) is 0 Å². The first-order chi connectivity index (χ1) is 6.83. The normalized spacial score (nSPS) is 9.50. The molecule has 0 aliphatic heterocycles. The SMILES string of the molecule is C#Cc1ccccc1N(CC)CCO. The zero-order valence-electron chi connectivity index (χ0n) is 8.40. The molecule has 1 aromatic rings. The minimum Gasteiger partial charge on any atom is -0.395 e. The van der Waals surface area contributed by atoms with Crippen molar-refractivity contribution in [1.82, 2.24) is 0 Å². The van der Waals surface area contributed by atoms with Crippen LogP contribution in [0.25, 0.3) is 0 Å². The Morgan fingerprint density at radius 2 is 2.14 bits per heavy atom. The van der Waals surface area contributed by atoms with E-state index in [9.17, 15) is 0 Å². The van der Waals surface area contributed by atoms with Crippen LogP contribution >= 0.6 is 0 Å². The topological polar surface area (TPSA) is 23.5 Å². The van der Waals surface area contributed by atoms with Crippen molar-refractivity contribution in [3.05, 3.63) is 29.8 Å². The van der Waals surface area contributed by atoms with Crippen molar-refractivity contribution in [1.29, 1.82) is 0 Å². The third kappa shape index (κ3) is 2.27. The molecule has 2 nitrogen and oxygen atoms in total. The fraction of sp³-hybridized carbons (Fsp3) is 0.333. The van der Waals surface area contributed by atoms with Crippen LogP contribution in [0.1, 0.15) is 12.5 Å². The summed E-state index contributed by atoms with van der Waals surface area (Å²) in [6.45, 7) is 3.66. The highest BCUT2D eigenvalue weighted by molar-refractivity contribution is 5.60. The Labute approximate surface area is 85.2 Å². The molecule has 74 valence electrons. The fourth-order valence-corrected chi connectivity index (χ4v) is 1.44. The molecule has 1 N–H and O–H groups in total. The molecule has 1 aromatic carbocycles. The molecule has 0 atom stereocenters. The number of aliphatic hydroxyl groups excluding tert-OH is 1. The van der Waals surface area contributed by atoms with Crippen LogP contribution in [0.5, 0.6) is 0 Å². The van der Waals surface area contributed by atoms with Crippen molar-refractivity contribution in [2.75, 3.05) is 24.6 Å². The van der Waals surface area contributed by atoms with E-state index < -0.39 is 0 Å². The van der Waals surface area contributed by atoms with Gasteiger partial charge in [-0.15, -0.1) is 6.42 Å². The molecule has 0 amide bonds. The second-order valence-electron chi connectivity index (χ2n) is 2.96. The van der Waals surface area contributed by atoms with Gasteiger partial charge in [0, 0.05) is 18.7 Å². The predicted molar refractivity (Wildman–Crippen MR) is 59.3 cm³/mol. The van der Waals surface area contributed by atoms with Gasteiger partial charge in [-0.3, -0.25) is 0 Å². The summed E-state index contributed by atoms with van der Waals surface area (Å²) < 4.78 is 0. The van der Waals surface area contributed by atoms with Crippen molar-refractivity contribution in [2.24, 2.45) is 0 Å². The van der Waals surface area contributed by atoms with Crippen molar-refractivity contribution >= 4 is 5.69 Å². The molecular weight excluding hydrogens is 174 g/mol. The van der Waals surface area contributed by atoms with Gasteiger partial charge in [-0.1, -0.05) is 18.1 Å². The van der Waals surface area contributed by atoms with E-state index in [4.69, 9.17) is 11.5 Å². The van der Waals surface area contributed by atoms with Crippen LogP contribution < -0.4 is 4.90 Å². The van der Waals surface area contributed by atoms with Crippen molar-refractivity contribution in [2.45, 2.75) is 6.92 Å². The third-order valence-electron chi connectivity index (χ3n) is 2.15. The zero-order valence-corrected chi connectivity index (χ0v) is 8.40. The Morgan fingerprint density at radius 1 is 1.43 bits per heavy atom. The monoisotopic (exact) mass is 189 g/mol. The number of likely N-dealkylation sites (N-methyl/N-ethyl adjacent to an activating group) is 1. The molecule has 0 unspecified atom stereocenters. The predicted octanol–water partition coefficient (Wildman–Crippen LogP) is 1.49. The highest BCUT2D eigenvalue weighted by Crippen LogP contribution is 2.18. The number of terminal acetylenes is 1. The van der Waals surface area contributed by atoms with Gasteiger partial charge < -0.3 is 10.0 Å². The lowest BCUT2D eigenvalue weighted by Crippen LogP contribution is -2.26. The van der Waals surface area contributed by atoms with Gasteiger partial charge in [-0.05, 0) is 19.1 Å². The molecular formula is C12H15NO. The van der Waals surface area contributed by atoms with Gasteiger partial charge in [0.05, 0.1) is 12.3 Å². The average Bonchev–Trinajstić information content (AvgIpc) is 2.26. The summed E-state index contributed by atoms with van der Waals surface area (Å²) in [5.74, 6) is 2.65. The van der Waals surface area contributed by atoms with Crippen LogP contribution in [0.2, 0.25) is 0 Å². The summed E-state index contributed by atoms with van der Waals surface area (Å²) in [5, 5.41) is 8.90. The van der Waals surface area contributed by atoms with E-state index in [1.807, 2.05) is 31.2 Å². The first kappa shape index (κ1) is 10.6. The number of aliphatic hydroxyl groups is 1. The van der Waals surface area contributed by atoms with Gasteiger partial charge in [-0.25, -0.2) is 0 Å². The van der Waals surface area contributed by atoms with Crippen molar-refractivity contribution < 1.29 is 5.11 Å². The molecule has 0 saturated carbocycles. The molecule has 14 heavy (non-hydrogen) atoms. The number of anilines is 1. The maximum atomic E-state index is 8.90. The molecule has 0 aromatic heterocycles. The van der Waals surface area contributed by atoms with Gasteiger partial charge >= 0.3 is 0 Å². The summed E-state index contributed by atoms with van der Waals surface area (Å²) in [5.41, 5.74) is 1.90. The molecule has 0 spiro atoms. The highest BCUT2D eigenvalue weighted by atomic mass is 16.3. The molecule has 0 saturated heterocycles. The zero-order chi connectivity index (χ0) is 10.4. The number of hydrogen-bond acceptors (Lipinski definition) is 2. The Kier molecular flexibility index (Phi) is 4.03. The summed E-state index contributed by atoms with van der Waals surface area (Å²) in [4.78, 5) is 2.06. The quantitative estimate of drug-likeness (QED) is 0.725. The first-order valence-electron chi connectivity index (χ1n) is 4.75.